The summed E-state index contributed by atoms with van der Waals surface area (Å²) in [7, 11) is 0. The van der Waals surface area contributed by atoms with Gasteiger partial charge in [-0.3, -0.25) is 4.68 Å². The molecule has 0 radical (unpaired) electrons. The summed E-state index contributed by atoms with van der Waals surface area (Å²) in [5, 5.41) is 8.48. The molecule has 21 heavy (non-hydrogen) atoms. The average molecular weight is 291 g/mol. The summed E-state index contributed by atoms with van der Waals surface area (Å²) in [6, 6.07) is 2.95. The average Bonchev–Trinajstić information content (AvgIpc) is 2.71. The van der Waals surface area contributed by atoms with Gasteiger partial charge >= 0.3 is 0 Å². The third kappa shape index (κ3) is 4.57. The highest BCUT2D eigenvalue weighted by atomic mass is 15.3. The van der Waals surface area contributed by atoms with Crippen LogP contribution in [0.15, 0.2) is 6.07 Å². The first-order chi connectivity index (χ1) is 10.3. The van der Waals surface area contributed by atoms with E-state index in [0.29, 0.717) is 6.04 Å². The molecule has 1 saturated carbocycles. The predicted octanol–water partition coefficient (Wildman–Crippen LogP) is 3.96. The zero-order valence-corrected chi connectivity index (χ0v) is 14.2. The van der Waals surface area contributed by atoms with Crippen LogP contribution in [0.25, 0.3) is 0 Å². The van der Waals surface area contributed by atoms with Gasteiger partial charge in [0, 0.05) is 24.7 Å². The first kappa shape index (κ1) is 16.5. The number of aromatic nitrogens is 2. The minimum absolute atomic E-state index is 0.625. The van der Waals surface area contributed by atoms with Crippen LogP contribution in [-0.4, -0.2) is 22.4 Å². The molecule has 1 aliphatic rings. The van der Waals surface area contributed by atoms with E-state index in [0.717, 1.165) is 31.8 Å². The number of hydrogen-bond acceptors (Lipinski definition) is 2. The molecule has 1 aromatic heterocycles. The van der Waals surface area contributed by atoms with Crippen molar-refractivity contribution in [2.45, 2.75) is 84.7 Å². The second-order valence-electron chi connectivity index (χ2n) is 6.42. The lowest BCUT2D eigenvalue weighted by Gasteiger charge is -2.27. The van der Waals surface area contributed by atoms with Gasteiger partial charge < -0.3 is 5.32 Å². The number of hydrogen-bond donors (Lipinski definition) is 1. The molecule has 1 aliphatic carbocycles. The van der Waals surface area contributed by atoms with E-state index in [9.17, 15) is 0 Å². The first-order valence-electron chi connectivity index (χ1n) is 9.07. The maximum absolute atomic E-state index is 4.71. The molecule has 1 atom stereocenters. The zero-order valence-electron chi connectivity index (χ0n) is 14.2. The van der Waals surface area contributed by atoms with Gasteiger partial charge in [0.15, 0.2) is 0 Å². The predicted molar refractivity (Wildman–Crippen MR) is 89.6 cm³/mol. The lowest BCUT2D eigenvalue weighted by atomic mass is 9.88. The molecule has 3 heteroatoms. The summed E-state index contributed by atoms with van der Waals surface area (Å²) < 4.78 is 2.21. The van der Waals surface area contributed by atoms with E-state index in [2.05, 4.69) is 36.8 Å². The van der Waals surface area contributed by atoms with Gasteiger partial charge in [0.1, 0.15) is 0 Å². The Bertz CT molecular complexity index is 403. The van der Waals surface area contributed by atoms with Crippen LogP contribution in [0.3, 0.4) is 0 Å². The minimum atomic E-state index is 0.625. The van der Waals surface area contributed by atoms with Crippen LogP contribution in [0.1, 0.15) is 70.7 Å². The summed E-state index contributed by atoms with van der Waals surface area (Å²) in [5.41, 5.74) is 2.66. The number of likely N-dealkylation sites (N-methyl/N-ethyl adjacent to an activating group) is 1. The van der Waals surface area contributed by atoms with Crippen molar-refractivity contribution in [1.82, 2.24) is 15.1 Å². The fourth-order valence-electron chi connectivity index (χ4n) is 3.73. The van der Waals surface area contributed by atoms with E-state index in [1.165, 1.54) is 49.9 Å². The fraction of sp³-hybridized carbons (Fsp3) is 0.833. The van der Waals surface area contributed by atoms with Gasteiger partial charge in [0.05, 0.1) is 5.69 Å². The summed E-state index contributed by atoms with van der Waals surface area (Å²) in [4.78, 5) is 0. The Morgan fingerprint density at radius 2 is 1.90 bits per heavy atom. The normalized spacial score (nSPS) is 18.6. The quantitative estimate of drug-likeness (QED) is 0.771. The summed E-state index contributed by atoms with van der Waals surface area (Å²) in [6.07, 6.45) is 10.7. The second-order valence-corrected chi connectivity index (χ2v) is 6.42. The lowest BCUT2D eigenvalue weighted by Crippen LogP contribution is -2.38. The molecule has 0 amide bonds. The molecule has 0 aliphatic heterocycles. The molecule has 3 nitrogen and oxygen atoms in total. The number of nitrogens with zero attached hydrogens (tertiary/aromatic N) is 2. The summed E-state index contributed by atoms with van der Waals surface area (Å²) >= 11 is 0. The number of aryl methyl sites for hydroxylation is 2. The van der Waals surface area contributed by atoms with E-state index in [4.69, 9.17) is 5.10 Å². The Morgan fingerprint density at radius 1 is 1.19 bits per heavy atom. The molecule has 1 unspecified atom stereocenters. The van der Waals surface area contributed by atoms with Gasteiger partial charge in [-0.15, -0.1) is 0 Å². The van der Waals surface area contributed by atoms with Crippen LogP contribution in [0.5, 0.6) is 0 Å². The van der Waals surface area contributed by atoms with Gasteiger partial charge in [0.2, 0.25) is 0 Å². The van der Waals surface area contributed by atoms with E-state index in [1.807, 2.05) is 0 Å². The molecule has 1 fully saturated rings. The van der Waals surface area contributed by atoms with Crippen LogP contribution in [-0.2, 0) is 19.4 Å². The maximum Gasteiger partial charge on any atom is 0.0624 e. The van der Waals surface area contributed by atoms with Gasteiger partial charge in [-0.05, 0) is 44.7 Å². The SMILES string of the molecule is CCNC(Cc1cc(CC)nn1CC)C1CCCCCC1. The van der Waals surface area contributed by atoms with Gasteiger partial charge in [-0.25, -0.2) is 0 Å². The van der Waals surface area contributed by atoms with Crippen LogP contribution in [0.2, 0.25) is 0 Å². The third-order valence-corrected chi connectivity index (χ3v) is 4.94. The highest BCUT2D eigenvalue weighted by Crippen LogP contribution is 2.27. The standard InChI is InChI=1S/C18H33N3/c1-4-16-13-17(21(6-3)20-16)14-18(19-5-2)15-11-9-7-8-10-12-15/h13,15,18-19H,4-12,14H2,1-3H3. The molecule has 1 heterocycles. The van der Waals surface area contributed by atoms with Gasteiger partial charge in [0.25, 0.3) is 0 Å². The fourth-order valence-corrected chi connectivity index (χ4v) is 3.73. The number of rotatable bonds is 7. The van der Waals surface area contributed by atoms with Gasteiger partial charge in [-0.2, -0.15) is 5.10 Å². The van der Waals surface area contributed by atoms with Crippen molar-refractivity contribution in [3.8, 4) is 0 Å². The molecule has 0 bridgehead atoms. The summed E-state index contributed by atoms with van der Waals surface area (Å²) in [5.74, 6) is 0.845. The van der Waals surface area contributed by atoms with E-state index < -0.39 is 0 Å². The minimum Gasteiger partial charge on any atom is -0.314 e. The molecular weight excluding hydrogens is 258 g/mol. The molecule has 0 saturated heterocycles. The highest BCUT2D eigenvalue weighted by Gasteiger charge is 2.23. The second kappa shape index (κ2) is 8.57. The molecular formula is C18H33N3. The van der Waals surface area contributed by atoms with Crippen molar-refractivity contribution in [3.05, 3.63) is 17.5 Å². The molecule has 2 rings (SSSR count). The lowest BCUT2D eigenvalue weighted by molar-refractivity contribution is 0.316. The molecule has 1 aromatic rings. The Hall–Kier alpha value is -0.830. The molecule has 120 valence electrons. The van der Waals surface area contributed by atoms with Crippen molar-refractivity contribution in [3.63, 3.8) is 0 Å². The zero-order chi connectivity index (χ0) is 15.1. The van der Waals surface area contributed by atoms with E-state index in [1.54, 1.807) is 0 Å². The van der Waals surface area contributed by atoms with E-state index >= 15 is 0 Å². The third-order valence-electron chi connectivity index (χ3n) is 4.94. The largest absolute Gasteiger partial charge is 0.314 e. The van der Waals surface area contributed by atoms with Crippen molar-refractivity contribution >= 4 is 0 Å². The van der Waals surface area contributed by atoms with Crippen molar-refractivity contribution in [2.24, 2.45) is 5.92 Å². The van der Waals surface area contributed by atoms with Crippen LogP contribution >= 0.6 is 0 Å². The van der Waals surface area contributed by atoms with Crippen LogP contribution in [0, 0.1) is 5.92 Å². The van der Waals surface area contributed by atoms with Crippen LogP contribution < -0.4 is 5.32 Å². The monoisotopic (exact) mass is 291 g/mol. The van der Waals surface area contributed by atoms with Crippen molar-refractivity contribution in [1.29, 1.82) is 0 Å². The summed E-state index contributed by atoms with van der Waals surface area (Å²) in [6.45, 7) is 8.68. The van der Waals surface area contributed by atoms with Crippen molar-refractivity contribution < 1.29 is 0 Å². The first-order valence-corrected chi connectivity index (χ1v) is 9.07. The van der Waals surface area contributed by atoms with E-state index in [-0.39, 0.29) is 0 Å². The Labute approximate surface area is 130 Å². The smallest absolute Gasteiger partial charge is 0.0624 e. The van der Waals surface area contributed by atoms with Gasteiger partial charge in [-0.1, -0.05) is 39.5 Å². The molecule has 0 aromatic carbocycles. The Balaban J connectivity index is 2.09. The maximum atomic E-state index is 4.71. The topological polar surface area (TPSA) is 29.9 Å². The van der Waals surface area contributed by atoms with Crippen LogP contribution in [0.4, 0.5) is 0 Å². The molecule has 0 spiro atoms. The Morgan fingerprint density at radius 3 is 2.48 bits per heavy atom. The highest BCUT2D eigenvalue weighted by molar-refractivity contribution is 5.12. The molecule has 1 N–H and O–H groups in total. The van der Waals surface area contributed by atoms with Crippen molar-refractivity contribution in [2.75, 3.05) is 6.54 Å². The number of nitrogens with one attached hydrogen (secondary N) is 1. The Kier molecular flexibility index (Phi) is 6.75.